The zero-order chi connectivity index (χ0) is 32.1. The number of carbonyl (C=O) groups is 2. The van der Waals surface area contributed by atoms with Gasteiger partial charge in [-0.25, -0.2) is 12.8 Å². The second-order valence-corrected chi connectivity index (χ2v) is 12.4. The van der Waals surface area contributed by atoms with Gasteiger partial charge in [0.15, 0.2) is 0 Å². The van der Waals surface area contributed by atoms with Crippen LogP contribution in [0.25, 0.3) is 0 Å². The lowest BCUT2D eigenvalue weighted by Gasteiger charge is -2.32. The maximum atomic E-state index is 13.9. The summed E-state index contributed by atoms with van der Waals surface area (Å²) in [5.41, 5.74) is -0.562. The minimum Gasteiger partial charge on any atom is -0.352 e. The first kappa shape index (κ1) is 33.9. The van der Waals surface area contributed by atoms with Crippen LogP contribution in [0.1, 0.15) is 43.9 Å². The molecule has 13 heteroatoms. The zero-order valence-electron chi connectivity index (χ0n) is 24.0. The van der Waals surface area contributed by atoms with Gasteiger partial charge in [0.1, 0.15) is 18.4 Å². The van der Waals surface area contributed by atoms with Crippen LogP contribution >= 0.6 is 11.6 Å². The monoisotopic (exact) mass is 641 g/mol. The molecule has 0 saturated heterocycles. The Hall–Kier alpha value is -3.64. The van der Waals surface area contributed by atoms with Gasteiger partial charge in [0.2, 0.25) is 11.8 Å². The van der Waals surface area contributed by atoms with E-state index in [1.54, 1.807) is 13.8 Å². The summed E-state index contributed by atoms with van der Waals surface area (Å²) in [5, 5.41) is 2.12. The maximum absolute atomic E-state index is 13.9. The molecule has 3 aromatic carbocycles. The van der Waals surface area contributed by atoms with E-state index in [0.717, 1.165) is 22.6 Å². The molecule has 0 aromatic heterocycles. The van der Waals surface area contributed by atoms with Crippen LogP contribution in [0.2, 0.25) is 5.02 Å². The van der Waals surface area contributed by atoms with E-state index in [0.29, 0.717) is 22.4 Å². The second kappa shape index (κ2) is 13.8. The van der Waals surface area contributed by atoms with Gasteiger partial charge in [0.25, 0.3) is 10.0 Å². The summed E-state index contributed by atoms with van der Waals surface area (Å²) in [6.07, 6.45) is -4.31. The van der Waals surface area contributed by atoms with E-state index in [2.05, 4.69) is 5.32 Å². The summed E-state index contributed by atoms with van der Waals surface area (Å²) >= 11 is 5.79. The van der Waals surface area contributed by atoms with E-state index in [9.17, 15) is 35.6 Å². The maximum Gasteiger partial charge on any atom is 0.417 e. The SMILES string of the molecule is CC[C@@H](C)NC(=O)[C@@H](C)N(Cc1ccc(F)cc1)C(=O)CN(c1ccc(Cl)c(C(F)(F)F)c1)S(=O)(=O)c1ccc(C)cc1. The fraction of sp³-hybridized carbons (Fsp3) is 0.333. The lowest BCUT2D eigenvalue weighted by atomic mass is 10.1. The average molecular weight is 642 g/mol. The van der Waals surface area contributed by atoms with E-state index in [-0.39, 0.29) is 17.5 Å². The minimum atomic E-state index is -4.91. The van der Waals surface area contributed by atoms with Gasteiger partial charge < -0.3 is 10.2 Å². The van der Waals surface area contributed by atoms with Crippen LogP contribution in [0.3, 0.4) is 0 Å². The van der Waals surface area contributed by atoms with Crippen molar-refractivity contribution in [2.45, 2.75) is 63.8 Å². The molecular formula is C30H32ClF4N3O4S. The van der Waals surface area contributed by atoms with Crippen molar-refractivity contribution < 1.29 is 35.6 Å². The highest BCUT2D eigenvalue weighted by atomic mass is 35.5. The number of carbonyl (C=O) groups excluding carboxylic acids is 2. The molecule has 0 saturated carbocycles. The lowest BCUT2D eigenvalue weighted by Crippen LogP contribution is -2.52. The van der Waals surface area contributed by atoms with Gasteiger partial charge >= 0.3 is 6.18 Å². The number of nitrogens with one attached hydrogen (secondary N) is 1. The van der Waals surface area contributed by atoms with E-state index in [1.807, 2.05) is 6.92 Å². The molecule has 0 bridgehead atoms. The molecule has 0 unspecified atom stereocenters. The molecule has 2 amide bonds. The first-order chi connectivity index (χ1) is 20.0. The number of rotatable bonds is 11. The predicted molar refractivity (Wildman–Crippen MR) is 156 cm³/mol. The highest BCUT2D eigenvalue weighted by molar-refractivity contribution is 7.92. The van der Waals surface area contributed by atoms with Crippen molar-refractivity contribution in [3.8, 4) is 0 Å². The predicted octanol–water partition coefficient (Wildman–Crippen LogP) is 6.33. The van der Waals surface area contributed by atoms with Gasteiger partial charge in [0.05, 0.1) is 21.2 Å². The van der Waals surface area contributed by atoms with Crippen LogP contribution in [-0.2, 0) is 32.3 Å². The summed E-state index contributed by atoms with van der Waals surface area (Å²) in [6.45, 7) is 5.64. The van der Waals surface area contributed by atoms with Crippen LogP contribution in [-0.4, -0.2) is 43.8 Å². The number of sulfonamides is 1. The van der Waals surface area contributed by atoms with Crippen molar-refractivity contribution >= 4 is 39.1 Å². The molecule has 3 rings (SSSR count). The summed E-state index contributed by atoms with van der Waals surface area (Å²) < 4.78 is 83.1. The number of hydrogen-bond acceptors (Lipinski definition) is 4. The molecule has 1 N–H and O–H groups in total. The number of amides is 2. The summed E-state index contributed by atoms with van der Waals surface area (Å²) in [5.74, 6) is -1.93. The molecule has 0 aliphatic rings. The number of alkyl halides is 3. The van der Waals surface area contributed by atoms with Crippen molar-refractivity contribution in [1.29, 1.82) is 0 Å². The fourth-order valence-corrected chi connectivity index (χ4v) is 5.72. The highest BCUT2D eigenvalue weighted by Crippen LogP contribution is 2.38. The van der Waals surface area contributed by atoms with Crippen molar-refractivity contribution in [2.75, 3.05) is 10.8 Å². The fourth-order valence-electron chi connectivity index (χ4n) is 4.09. The topological polar surface area (TPSA) is 86.8 Å². The molecule has 0 aliphatic heterocycles. The number of nitrogens with zero attached hydrogens (tertiary/aromatic N) is 2. The number of hydrogen-bond donors (Lipinski definition) is 1. The smallest absolute Gasteiger partial charge is 0.352 e. The molecule has 0 spiro atoms. The van der Waals surface area contributed by atoms with Gasteiger partial charge in [0, 0.05) is 12.6 Å². The Balaban J connectivity index is 2.11. The first-order valence-corrected chi connectivity index (χ1v) is 15.2. The van der Waals surface area contributed by atoms with Crippen molar-refractivity contribution in [2.24, 2.45) is 0 Å². The number of aryl methyl sites for hydroxylation is 1. The van der Waals surface area contributed by atoms with Gasteiger partial charge in [-0.1, -0.05) is 48.4 Å². The molecule has 0 heterocycles. The molecule has 43 heavy (non-hydrogen) atoms. The molecule has 7 nitrogen and oxygen atoms in total. The standard InChI is InChI=1S/C30H32ClF4N3O4S/c1-5-20(3)36-29(40)21(4)37(17-22-8-10-23(32)11-9-22)28(39)18-38(43(41,42)25-13-6-19(2)7-14-25)24-12-15-27(31)26(16-24)30(33,34)35/h6-16,20-21H,5,17-18H2,1-4H3,(H,36,40)/t20-,21-/m1/s1. The Morgan fingerprint density at radius 2 is 1.58 bits per heavy atom. The van der Waals surface area contributed by atoms with Crippen molar-refractivity contribution in [1.82, 2.24) is 10.2 Å². The third kappa shape index (κ3) is 8.47. The number of anilines is 1. The van der Waals surface area contributed by atoms with E-state index >= 15 is 0 Å². The Bertz CT molecular complexity index is 1550. The summed E-state index contributed by atoms with van der Waals surface area (Å²) in [4.78, 5) is 27.8. The normalized spacial score (nSPS) is 13.2. The van der Waals surface area contributed by atoms with Crippen molar-refractivity contribution in [3.05, 3.63) is 94.3 Å². The molecule has 0 fully saturated rings. The molecular weight excluding hydrogens is 610 g/mol. The molecule has 0 radical (unpaired) electrons. The first-order valence-electron chi connectivity index (χ1n) is 13.3. The van der Waals surface area contributed by atoms with E-state index in [4.69, 9.17) is 11.6 Å². The minimum absolute atomic E-state index is 0.207. The van der Waals surface area contributed by atoms with Crippen molar-refractivity contribution in [3.63, 3.8) is 0 Å². The molecule has 0 aliphatic carbocycles. The lowest BCUT2D eigenvalue weighted by molar-refractivity contribution is -0.139. The number of benzene rings is 3. The van der Waals surface area contributed by atoms with Gasteiger partial charge in [-0.15, -0.1) is 0 Å². The van der Waals surface area contributed by atoms with E-state index < -0.39 is 62.7 Å². The number of halogens is 5. The third-order valence-electron chi connectivity index (χ3n) is 6.87. The Morgan fingerprint density at radius 1 is 0.977 bits per heavy atom. The van der Waals surface area contributed by atoms with Gasteiger partial charge in [-0.2, -0.15) is 13.2 Å². The Morgan fingerprint density at radius 3 is 2.14 bits per heavy atom. The molecule has 2 atom stereocenters. The van der Waals surface area contributed by atoms with Crippen LogP contribution in [0.4, 0.5) is 23.2 Å². The van der Waals surface area contributed by atoms with Crippen LogP contribution in [0.5, 0.6) is 0 Å². The average Bonchev–Trinajstić information content (AvgIpc) is 2.95. The quantitative estimate of drug-likeness (QED) is 0.248. The van der Waals surface area contributed by atoms with Gasteiger partial charge in [-0.05, 0) is 75.2 Å². The molecule has 3 aromatic rings. The van der Waals surface area contributed by atoms with Crippen LogP contribution in [0.15, 0.2) is 71.6 Å². The van der Waals surface area contributed by atoms with E-state index in [1.165, 1.54) is 55.5 Å². The molecule has 232 valence electrons. The second-order valence-electron chi connectivity index (χ2n) is 10.1. The highest BCUT2D eigenvalue weighted by Gasteiger charge is 2.37. The Labute approximate surface area is 253 Å². The summed E-state index contributed by atoms with van der Waals surface area (Å²) in [6, 6.07) is 11.9. The Kier molecular flexibility index (Phi) is 10.8. The van der Waals surface area contributed by atoms with Crippen LogP contribution < -0.4 is 9.62 Å². The zero-order valence-corrected chi connectivity index (χ0v) is 25.5. The third-order valence-corrected chi connectivity index (χ3v) is 8.98. The van der Waals surface area contributed by atoms with Crippen LogP contribution in [0, 0.1) is 12.7 Å². The largest absolute Gasteiger partial charge is 0.417 e. The van der Waals surface area contributed by atoms with Gasteiger partial charge in [-0.3, -0.25) is 13.9 Å². The summed E-state index contributed by atoms with van der Waals surface area (Å²) in [7, 11) is -4.60.